The molecule has 0 saturated carbocycles. The summed E-state index contributed by atoms with van der Waals surface area (Å²) in [5, 5.41) is 10.6. The largest absolute Gasteiger partial charge is 0.383 e. The molecule has 0 aromatic heterocycles. The van der Waals surface area contributed by atoms with E-state index < -0.39 is 16.7 Å². The van der Waals surface area contributed by atoms with E-state index in [2.05, 4.69) is 0 Å². The van der Waals surface area contributed by atoms with Crippen LogP contribution in [-0.2, 0) is 4.74 Å². The second kappa shape index (κ2) is 4.53. The molecular formula is C11H10N2O5. The average Bonchev–Trinajstić information content (AvgIpc) is 2.59. The van der Waals surface area contributed by atoms with Crippen LogP contribution in [0.3, 0.4) is 0 Å². The van der Waals surface area contributed by atoms with Gasteiger partial charge in [-0.25, -0.2) is 0 Å². The zero-order valence-electron chi connectivity index (χ0n) is 9.58. The lowest BCUT2D eigenvalue weighted by molar-refractivity contribution is -0.384. The topological polar surface area (TPSA) is 89.8 Å². The molecule has 2 rings (SSSR count). The maximum atomic E-state index is 11.9. The first-order valence-electron chi connectivity index (χ1n) is 5.20. The van der Waals surface area contributed by atoms with E-state index >= 15 is 0 Å². The molecule has 7 nitrogen and oxygen atoms in total. The number of hydrogen-bond acceptors (Lipinski definition) is 5. The van der Waals surface area contributed by atoms with Gasteiger partial charge in [-0.3, -0.25) is 24.6 Å². The first-order valence-corrected chi connectivity index (χ1v) is 5.20. The summed E-state index contributed by atoms with van der Waals surface area (Å²) in [6, 6.07) is 3.65. The molecule has 0 fully saturated rings. The minimum absolute atomic E-state index is 0.0744. The van der Waals surface area contributed by atoms with Crippen LogP contribution in [0.25, 0.3) is 0 Å². The van der Waals surface area contributed by atoms with Crippen LogP contribution in [-0.4, -0.2) is 41.9 Å². The summed E-state index contributed by atoms with van der Waals surface area (Å²) >= 11 is 0. The lowest BCUT2D eigenvalue weighted by atomic mass is 10.1. The normalized spacial score (nSPS) is 13.9. The fourth-order valence-electron chi connectivity index (χ4n) is 1.78. The number of amides is 2. The zero-order valence-corrected chi connectivity index (χ0v) is 9.58. The smallest absolute Gasteiger partial charge is 0.270 e. The van der Waals surface area contributed by atoms with E-state index in [-0.39, 0.29) is 30.0 Å². The number of carbonyl (C=O) groups is 2. The van der Waals surface area contributed by atoms with Crippen LogP contribution in [0.2, 0.25) is 0 Å². The summed E-state index contributed by atoms with van der Waals surface area (Å²) in [5.74, 6) is -0.960. The molecule has 0 N–H and O–H groups in total. The number of methoxy groups -OCH3 is 1. The van der Waals surface area contributed by atoms with Gasteiger partial charge >= 0.3 is 0 Å². The number of carbonyl (C=O) groups excluding carboxylic acids is 2. The van der Waals surface area contributed by atoms with Gasteiger partial charge in [-0.2, -0.15) is 0 Å². The molecule has 1 aliphatic rings. The Kier molecular flexibility index (Phi) is 3.07. The van der Waals surface area contributed by atoms with Crippen LogP contribution in [0.15, 0.2) is 18.2 Å². The molecule has 0 unspecified atom stereocenters. The van der Waals surface area contributed by atoms with Gasteiger partial charge in [0.2, 0.25) is 0 Å². The van der Waals surface area contributed by atoms with Crippen molar-refractivity contribution < 1.29 is 19.2 Å². The monoisotopic (exact) mass is 250 g/mol. The van der Waals surface area contributed by atoms with E-state index in [1.807, 2.05) is 0 Å². The molecule has 0 saturated heterocycles. The predicted octanol–water partition coefficient (Wildman–Crippen LogP) is 0.837. The van der Waals surface area contributed by atoms with Crippen molar-refractivity contribution in [2.24, 2.45) is 0 Å². The van der Waals surface area contributed by atoms with Gasteiger partial charge in [0.25, 0.3) is 17.5 Å². The van der Waals surface area contributed by atoms with Crippen LogP contribution in [0.4, 0.5) is 5.69 Å². The van der Waals surface area contributed by atoms with Crippen molar-refractivity contribution in [3.63, 3.8) is 0 Å². The third-order valence-electron chi connectivity index (χ3n) is 2.68. The van der Waals surface area contributed by atoms with E-state index in [1.54, 1.807) is 0 Å². The van der Waals surface area contributed by atoms with Crippen molar-refractivity contribution in [2.45, 2.75) is 0 Å². The molecule has 94 valence electrons. The second-order valence-electron chi connectivity index (χ2n) is 3.74. The Hall–Kier alpha value is -2.28. The Morgan fingerprint density at radius 2 is 1.94 bits per heavy atom. The maximum Gasteiger partial charge on any atom is 0.270 e. The van der Waals surface area contributed by atoms with Gasteiger partial charge in [0, 0.05) is 19.2 Å². The predicted molar refractivity (Wildman–Crippen MR) is 60.3 cm³/mol. The standard InChI is InChI=1S/C11H10N2O5/c1-18-5-4-12-10(14)8-3-2-7(13(16)17)6-9(8)11(12)15/h2-3,6H,4-5H2,1H3. The number of fused-ring (bicyclic) bond motifs is 1. The summed E-state index contributed by atoms with van der Waals surface area (Å²) in [4.78, 5) is 34.8. The Bertz CT molecular complexity index is 540. The summed E-state index contributed by atoms with van der Waals surface area (Å²) in [6.45, 7) is 0.365. The molecule has 7 heteroatoms. The number of imide groups is 1. The van der Waals surface area contributed by atoms with Gasteiger partial charge in [0.1, 0.15) is 0 Å². The van der Waals surface area contributed by atoms with Crippen LogP contribution in [0.1, 0.15) is 20.7 Å². The molecule has 0 atom stereocenters. The Morgan fingerprint density at radius 3 is 2.56 bits per heavy atom. The van der Waals surface area contributed by atoms with Crippen LogP contribution in [0, 0.1) is 10.1 Å². The lowest BCUT2D eigenvalue weighted by Crippen LogP contribution is -2.32. The van der Waals surface area contributed by atoms with Crippen molar-refractivity contribution in [3.8, 4) is 0 Å². The van der Waals surface area contributed by atoms with Crippen LogP contribution < -0.4 is 0 Å². The number of nitro benzene ring substituents is 1. The first-order chi connectivity index (χ1) is 8.56. The third kappa shape index (κ3) is 1.84. The second-order valence-corrected chi connectivity index (χ2v) is 3.74. The Labute approximate surface area is 102 Å². The minimum Gasteiger partial charge on any atom is -0.383 e. The molecule has 1 aromatic carbocycles. The van der Waals surface area contributed by atoms with Gasteiger partial charge in [0.05, 0.1) is 29.2 Å². The zero-order chi connectivity index (χ0) is 13.3. The number of hydrogen-bond donors (Lipinski definition) is 0. The van der Waals surface area contributed by atoms with E-state index in [9.17, 15) is 19.7 Å². The third-order valence-corrected chi connectivity index (χ3v) is 2.68. The van der Waals surface area contributed by atoms with Gasteiger partial charge in [-0.1, -0.05) is 0 Å². The van der Waals surface area contributed by atoms with E-state index in [1.165, 1.54) is 19.2 Å². The van der Waals surface area contributed by atoms with Crippen molar-refractivity contribution in [2.75, 3.05) is 20.3 Å². The number of ether oxygens (including phenoxy) is 1. The molecule has 18 heavy (non-hydrogen) atoms. The summed E-state index contributed by atoms with van der Waals surface area (Å²) in [7, 11) is 1.46. The Morgan fingerprint density at radius 1 is 1.28 bits per heavy atom. The average molecular weight is 250 g/mol. The number of rotatable bonds is 4. The SMILES string of the molecule is COCCN1C(=O)c2ccc([N+](=O)[O-])cc2C1=O. The van der Waals surface area contributed by atoms with Crippen molar-refractivity contribution in [1.82, 2.24) is 4.90 Å². The van der Waals surface area contributed by atoms with Crippen LogP contribution >= 0.6 is 0 Å². The molecule has 1 heterocycles. The van der Waals surface area contributed by atoms with E-state index in [0.717, 1.165) is 11.0 Å². The maximum absolute atomic E-state index is 11.9. The van der Waals surface area contributed by atoms with Crippen molar-refractivity contribution in [3.05, 3.63) is 39.4 Å². The van der Waals surface area contributed by atoms with E-state index in [4.69, 9.17) is 4.74 Å². The quantitative estimate of drug-likeness (QED) is 0.448. The van der Waals surface area contributed by atoms with Crippen LogP contribution in [0.5, 0.6) is 0 Å². The molecule has 0 spiro atoms. The molecule has 0 radical (unpaired) electrons. The highest BCUT2D eigenvalue weighted by Gasteiger charge is 2.36. The molecule has 0 bridgehead atoms. The highest BCUT2D eigenvalue weighted by atomic mass is 16.6. The fourth-order valence-corrected chi connectivity index (χ4v) is 1.78. The Balaban J connectivity index is 2.36. The minimum atomic E-state index is -0.601. The number of nitrogens with zero attached hydrogens (tertiary/aromatic N) is 2. The highest BCUT2D eigenvalue weighted by molar-refractivity contribution is 6.21. The molecule has 1 aliphatic heterocycles. The molecular weight excluding hydrogens is 240 g/mol. The first kappa shape index (κ1) is 12.2. The number of nitro groups is 1. The number of non-ortho nitro benzene ring substituents is 1. The molecule has 2 amide bonds. The molecule has 1 aromatic rings. The summed E-state index contributed by atoms with van der Waals surface area (Å²) in [5.41, 5.74) is 0.0653. The lowest BCUT2D eigenvalue weighted by Gasteiger charge is -2.12. The van der Waals surface area contributed by atoms with Crippen molar-refractivity contribution in [1.29, 1.82) is 0 Å². The van der Waals surface area contributed by atoms with Gasteiger partial charge in [-0.15, -0.1) is 0 Å². The fraction of sp³-hybridized carbons (Fsp3) is 0.273. The number of benzene rings is 1. The summed E-state index contributed by atoms with van der Waals surface area (Å²) in [6.07, 6.45) is 0. The van der Waals surface area contributed by atoms with E-state index in [0.29, 0.717) is 0 Å². The van der Waals surface area contributed by atoms with Gasteiger partial charge in [-0.05, 0) is 6.07 Å². The highest BCUT2D eigenvalue weighted by Crippen LogP contribution is 2.26. The van der Waals surface area contributed by atoms with Gasteiger partial charge < -0.3 is 4.74 Å². The molecule has 0 aliphatic carbocycles. The van der Waals surface area contributed by atoms with Gasteiger partial charge in [0.15, 0.2) is 0 Å². The summed E-state index contributed by atoms with van der Waals surface area (Å²) < 4.78 is 4.81. The van der Waals surface area contributed by atoms with Crippen molar-refractivity contribution >= 4 is 17.5 Å².